The van der Waals surface area contributed by atoms with Crippen molar-refractivity contribution >= 4 is 60.5 Å². The van der Waals surface area contributed by atoms with Crippen molar-refractivity contribution in [3.05, 3.63) is 180 Å². The predicted octanol–water partition coefficient (Wildman–Crippen LogP) is 11.7. The van der Waals surface area contributed by atoms with Crippen LogP contribution in [0, 0.1) is 0 Å². The third-order valence-electron chi connectivity index (χ3n) is 8.65. The van der Waals surface area contributed by atoms with E-state index < -0.39 is 0 Å². The monoisotopic (exact) mass is 633 g/mol. The average molecular weight is 634 g/mol. The number of benzene rings is 6. The van der Waals surface area contributed by atoms with Crippen LogP contribution >= 0.6 is 11.3 Å². The van der Waals surface area contributed by atoms with Gasteiger partial charge in [-0.25, -0.2) is 4.98 Å². The number of aliphatic imine (C=N–C) groups is 2. The van der Waals surface area contributed by atoms with Crippen LogP contribution in [0.2, 0.25) is 0 Å². The fourth-order valence-electron chi connectivity index (χ4n) is 6.26. The van der Waals surface area contributed by atoms with E-state index in [-0.39, 0.29) is 0 Å². The maximum atomic E-state index is 5.23. The molecule has 2 aromatic heterocycles. The second-order valence-electron chi connectivity index (χ2n) is 11.7. The normalized spacial score (nSPS) is 12.2. The Bertz CT molecular complexity index is 2470. The number of hydrogen-bond acceptors (Lipinski definition) is 4. The highest BCUT2D eigenvalue weighted by atomic mass is 32.1. The van der Waals surface area contributed by atoms with E-state index in [2.05, 4.69) is 145 Å². The van der Waals surface area contributed by atoms with Crippen molar-refractivity contribution < 1.29 is 0 Å². The molecule has 0 N–H and O–H groups in total. The number of pyridine rings is 1. The summed E-state index contributed by atoms with van der Waals surface area (Å²) in [6.45, 7) is 4.42. The fraction of sp³-hybridized carbons (Fsp3) is 0.0227. The van der Waals surface area contributed by atoms with E-state index in [4.69, 9.17) is 9.98 Å². The van der Waals surface area contributed by atoms with E-state index in [1.165, 1.54) is 31.1 Å². The Morgan fingerprint density at radius 3 is 2.08 bits per heavy atom. The van der Waals surface area contributed by atoms with Crippen LogP contribution in [-0.2, 0) is 6.54 Å². The molecule has 0 saturated carbocycles. The van der Waals surface area contributed by atoms with Gasteiger partial charge in [-0.05, 0) is 53.2 Å². The van der Waals surface area contributed by atoms with Gasteiger partial charge in [0, 0.05) is 36.7 Å². The highest BCUT2D eigenvalue weighted by Crippen LogP contribution is 2.42. The summed E-state index contributed by atoms with van der Waals surface area (Å²) in [4.78, 5) is 14.8. The third kappa shape index (κ3) is 5.74. The molecule has 8 rings (SSSR count). The molecule has 8 aromatic rings. The molecule has 0 saturated heterocycles. The summed E-state index contributed by atoms with van der Waals surface area (Å²) in [5.41, 5.74) is 10.2. The molecule has 0 radical (unpaired) electrons. The van der Waals surface area contributed by atoms with Crippen molar-refractivity contribution in [1.82, 2.24) is 4.98 Å². The van der Waals surface area contributed by atoms with Crippen LogP contribution in [0.15, 0.2) is 174 Å². The smallest absolute Gasteiger partial charge is 0.0802 e. The SMILES string of the molecule is C=N/C(=C\C(=N/Cc1cccc(-c2nc3ccccc3c3sc4ccccc4c23)c1)c1ccccc1)c1ccc(-c2ccccc2)cc1. The van der Waals surface area contributed by atoms with Gasteiger partial charge in [0.1, 0.15) is 0 Å². The van der Waals surface area contributed by atoms with Crippen molar-refractivity contribution in [3.63, 3.8) is 0 Å². The Balaban J connectivity index is 1.18. The first kappa shape index (κ1) is 29.4. The largest absolute Gasteiger partial charge is 0.280 e. The molecule has 0 aliphatic heterocycles. The van der Waals surface area contributed by atoms with Crippen molar-refractivity contribution in [3.8, 4) is 22.4 Å². The van der Waals surface area contributed by atoms with E-state index >= 15 is 0 Å². The molecule has 0 unspecified atom stereocenters. The van der Waals surface area contributed by atoms with Crippen molar-refractivity contribution in [1.29, 1.82) is 0 Å². The van der Waals surface area contributed by atoms with E-state index in [9.17, 15) is 0 Å². The minimum absolute atomic E-state index is 0.507. The highest BCUT2D eigenvalue weighted by molar-refractivity contribution is 7.26. The van der Waals surface area contributed by atoms with Crippen LogP contribution in [0.5, 0.6) is 0 Å². The zero-order chi connectivity index (χ0) is 32.3. The lowest BCUT2D eigenvalue weighted by Gasteiger charge is -2.10. The van der Waals surface area contributed by atoms with Crippen LogP contribution in [0.1, 0.15) is 16.7 Å². The zero-order valence-corrected chi connectivity index (χ0v) is 27.1. The van der Waals surface area contributed by atoms with Crippen molar-refractivity contribution in [2.24, 2.45) is 9.98 Å². The number of nitrogens with zero attached hydrogens (tertiary/aromatic N) is 3. The van der Waals surface area contributed by atoms with Crippen molar-refractivity contribution in [2.75, 3.05) is 0 Å². The topological polar surface area (TPSA) is 37.6 Å². The van der Waals surface area contributed by atoms with Gasteiger partial charge in [0.2, 0.25) is 0 Å². The summed E-state index contributed by atoms with van der Waals surface area (Å²) in [7, 11) is 0. The molecule has 228 valence electrons. The number of aromatic nitrogens is 1. The van der Waals surface area contributed by atoms with Gasteiger partial charge >= 0.3 is 0 Å². The molecule has 2 heterocycles. The number of thiophene rings is 1. The standard InChI is InChI=1S/C44H31N3S/c1-45-39(34-25-23-32(24-26-34)31-14-4-2-5-15-31)28-40(33-16-6-3-7-17-33)46-29-30-13-12-18-35(27-30)43-42-37-20-9-11-22-41(37)48-44(42)36-19-8-10-21-38(36)47-43/h2-28H,1,29H2/b39-28-,46-40+. The van der Waals surface area contributed by atoms with Crippen LogP contribution in [0.25, 0.3) is 59.2 Å². The Kier molecular flexibility index (Phi) is 7.99. The summed E-state index contributed by atoms with van der Waals surface area (Å²) in [5, 5.41) is 3.65. The molecule has 0 aliphatic carbocycles. The predicted molar refractivity (Wildman–Crippen MR) is 206 cm³/mol. The van der Waals surface area contributed by atoms with Crippen molar-refractivity contribution in [2.45, 2.75) is 6.54 Å². The molecule has 0 aliphatic rings. The molecule has 48 heavy (non-hydrogen) atoms. The summed E-state index contributed by atoms with van der Waals surface area (Å²) in [6, 6.07) is 54.8. The Labute approximate surface area is 283 Å². The minimum Gasteiger partial charge on any atom is -0.280 e. The number of para-hydroxylation sites is 1. The summed E-state index contributed by atoms with van der Waals surface area (Å²) < 4.78 is 2.55. The molecular formula is C44H31N3S. The molecule has 0 amide bonds. The molecule has 0 atom stereocenters. The zero-order valence-electron chi connectivity index (χ0n) is 26.3. The van der Waals surface area contributed by atoms with Crippen LogP contribution in [0.4, 0.5) is 0 Å². The molecule has 0 bridgehead atoms. The lowest BCUT2D eigenvalue weighted by atomic mass is 10.0. The van der Waals surface area contributed by atoms with Gasteiger partial charge < -0.3 is 0 Å². The van der Waals surface area contributed by atoms with Gasteiger partial charge in [-0.1, -0.05) is 140 Å². The first-order valence-corrected chi connectivity index (χ1v) is 16.8. The second kappa shape index (κ2) is 13.0. The Hall–Kier alpha value is -5.97. The van der Waals surface area contributed by atoms with Gasteiger partial charge in [0.25, 0.3) is 0 Å². The number of allylic oxidation sites excluding steroid dienone is 1. The van der Waals surface area contributed by atoms with E-state index in [0.717, 1.165) is 50.4 Å². The van der Waals surface area contributed by atoms with Crippen LogP contribution in [0.3, 0.4) is 0 Å². The van der Waals surface area contributed by atoms with Crippen LogP contribution in [-0.4, -0.2) is 17.4 Å². The van der Waals surface area contributed by atoms with E-state index in [0.29, 0.717) is 6.54 Å². The summed E-state index contributed by atoms with van der Waals surface area (Å²) in [6.07, 6.45) is 2.04. The van der Waals surface area contributed by atoms with Gasteiger partial charge in [-0.2, -0.15) is 0 Å². The lowest BCUT2D eigenvalue weighted by Crippen LogP contribution is -2.00. The molecule has 4 heteroatoms. The minimum atomic E-state index is 0.507. The van der Waals surface area contributed by atoms with E-state index in [1.807, 2.05) is 41.7 Å². The van der Waals surface area contributed by atoms with Gasteiger partial charge in [-0.15, -0.1) is 11.3 Å². The number of fused-ring (bicyclic) bond motifs is 5. The lowest BCUT2D eigenvalue weighted by molar-refractivity contribution is 1.07. The molecule has 0 spiro atoms. The third-order valence-corrected chi connectivity index (χ3v) is 9.85. The Morgan fingerprint density at radius 2 is 1.29 bits per heavy atom. The molecule has 3 nitrogen and oxygen atoms in total. The van der Waals surface area contributed by atoms with Gasteiger partial charge in [0.15, 0.2) is 0 Å². The quantitative estimate of drug-likeness (QED) is 0.153. The fourth-order valence-corrected chi connectivity index (χ4v) is 7.49. The average Bonchev–Trinajstić information content (AvgIpc) is 3.56. The molecular weight excluding hydrogens is 603 g/mol. The highest BCUT2D eigenvalue weighted by Gasteiger charge is 2.16. The Morgan fingerprint density at radius 1 is 0.625 bits per heavy atom. The maximum absolute atomic E-state index is 5.23. The van der Waals surface area contributed by atoms with Crippen LogP contribution < -0.4 is 0 Å². The first-order chi connectivity index (χ1) is 23.7. The molecule has 6 aromatic carbocycles. The first-order valence-electron chi connectivity index (χ1n) is 16.0. The number of rotatable bonds is 8. The maximum Gasteiger partial charge on any atom is 0.0802 e. The van der Waals surface area contributed by atoms with E-state index in [1.54, 1.807) is 0 Å². The summed E-state index contributed by atoms with van der Waals surface area (Å²) >= 11 is 1.84. The van der Waals surface area contributed by atoms with Gasteiger partial charge in [0.05, 0.1) is 29.2 Å². The summed E-state index contributed by atoms with van der Waals surface area (Å²) in [5.74, 6) is 0. The second-order valence-corrected chi connectivity index (χ2v) is 12.7. The van der Waals surface area contributed by atoms with Gasteiger partial charge in [-0.3, -0.25) is 9.98 Å². The number of hydrogen-bond donors (Lipinski definition) is 0. The molecule has 0 fully saturated rings.